The van der Waals surface area contributed by atoms with E-state index in [-0.39, 0.29) is 11.9 Å². The SMILES string of the molecule is O=C(NCC(c1cccs1)c1c[nH]c2ccccc12)N1CCN(c2ncccn2)CC1. The zero-order valence-electron chi connectivity index (χ0n) is 17.1. The van der Waals surface area contributed by atoms with Gasteiger partial charge in [0, 0.05) is 73.0 Å². The van der Waals surface area contributed by atoms with Crippen molar-refractivity contribution in [2.75, 3.05) is 37.6 Å². The second kappa shape index (κ2) is 8.77. The molecule has 0 aliphatic carbocycles. The highest BCUT2D eigenvalue weighted by Crippen LogP contribution is 2.32. The summed E-state index contributed by atoms with van der Waals surface area (Å²) in [6.07, 6.45) is 5.56. The Morgan fingerprint density at radius 1 is 1.06 bits per heavy atom. The molecule has 0 spiro atoms. The number of nitrogens with zero attached hydrogens (tertiary/aromatic N) is 4. The summed E-state index contributed by atoms with van der Waals surface area (Å²) in [5.74, 6) is 0.832. The number of benzene rings is 1. The summed E-state index contributed by atoms with van der Waals surface area (Å²) >= 11 is 1.72. The number of amides is 2. The van der Waals surface area contributed by atoms with E-state index in [0.29, 0.717) is 19.6 Å². The summed E-state index contributed by atoms with van der Waals surface area (Å²) in [6, 6.07) is 14.3. The number of piperazine rings is 1. The quantitative estimate of drug-likeness (QED) is 0.504. The van der Waals surface area contributed by atoms with Gasteiger partial charge in [-0.25, -0.2) is 14.8 Å². The van der Waals surface area contributed by atoms with Gasteiger partial charge < -0.3 is 20.1 Å². The third kappa shape index (κ3) is 4.11. The first-order chi connectivity index (χ1) is 15.3. The number of carbonyl (C=O) groups excluding carboxylic acids is 1. The van der Waals surface area contributed by atoms with Gasteiger partial charge in [-0.1, -0.05) is 24.3 Å². The highest BCUT2D eigenvalue weighted by atomic mass is 32.1. The number of H-pyrrole nitrogens is 1. The molecular formula is C23H24N6OS. The molecule has 1 fully saturated rings. The highest BCUT2D eigenvalue weighted by molar-refractivity contribution is 7.10. The molecular weight excluding hydrogens is 408 g/mol. The second-order valence-electron chi connectivity index (χ2n) is 7.57. The smallest absolute Gasteiger partial charge is 0.317 e. The van der Waals surface area contributed by atoms with Crippen LogP contribution in [0.15, 0.2) is 66.4 Å². The third-order valence-corrected chi connectivity index (χ3v) is 6.73. The molecule has 1 saturated heterocycles. The number of fused-ring (bicyclic) bond motifs is 1. The van der Waals surface area contributed by atoms with Crippen LogP contribution in [0.5, 0.6) is 0 Å². The van der Waals surface area contributed by atoms with Gasteiger partial charge in [-0.05, 0) is 29.1 Å². The van der Waals surface area contributed by atoms with Crippen molar-refractivity contribution in [1.82, 2.24) is 25.2 Å². The number of rotatable bonds is 5. The molecule has 1 aliphatic heterocycles. The van der Waals surface area contributed by atoms with Gasteiger partial charge in [0.1, 0.15) is 0 Å². The predicted octanol–water partition coefficient (Wildman–Crippen LogP) is 3.68. The van der Waals surface area contributed by atoms with E-state index in [9.17, 15) is 4.79 Å². The fourth-order valence-electron chi connectivity index (χ4n) is 4.10. The van der Waals surface area contributed by atoms with Crippen molar-refractivity contribution in [3.8, 4) is 0 Å². The van der Waals surface area contributed by atoms with Gasteiger partial charge in [0.25, 0.3) is 0 Å². The summed E-state index contributed by atoms with van der Waals surface area (Å²) in [7, 11) is 0. The molecule has 0 saturated carbocycles. The Kier molecular flexibility index (Phi) is 5.54. The summed E-state index contributed by atoms with van der Waals surface area (Å²) < 4.78 is 0. The Hall–Kier alpha value is -3.39. The van der Waals surface area contributed by atoms with E-state index in [1.165, 1.54) is 15.8 Å². The van der Waals surface area contributed by atoms with Crippen LogP contribution < -0.4 is 10.2 Å². The van der Waals surface area contributed by atoms with E-state index < -0.39 is 0 Å². The Labute approximate surface area is 184 Å². The van der Waals surface area contributed by atoms with E-state index in [1.54, 1.807) is 23.7 Å². The second-order valence-corrected chi connectivity index (χ2v) is 8.55. The van der Waals surface area contributed by atoms with E-state index >= 15 is 0 Å². The topological polar surface area (TPSA) is 77.2 Å². The number of para-hydroxylation sites is 1. The van der Waals surface area contributed by atoms with Crippen LogP contribution >= 0.6 is 11.3 Å². The lowest BCUT2D eigenvalue weighted by Gasteiger charge is -2.34. The number of aromatic amines is 1. The number of hydrogen-bond donors (Lipinski definition) is 2. The van der Waals surface area contributed by atoms with Gasteiger partial charge in [0.05, 0.1) is 0 Å². The Balaban J connectivity index is 1.25. The van der Waals surface area contributed by atoms with Crippen molar-refractivity contribution < 1.29 is 4.79 Å². The van der Waals surface area contributed by atoms with Crippen molar-refractivity contribution in [1.29, 1.82) is 0 Å². The van der Waals surface area contributed by atoms with Crippen molar-refractivity contribution in [2.45, 2.75) is 5.92 Å². The maximum absolute atomic E-state index is 12.9. The van der Waals surface area contributed by atoms with E-state index in [4.69, 9.17) is 0 Å². The Bertz CT molecular complexity index is 1140. The first-order valence-electron chi connectivity index (χ1n) is 10.4. The average molecular weight is 433 g/mol. The predicted molar refractivity (Wildman–Crippen MR) is 124 cm³/mol. The molecule has 8 heteroatoms. The monoisotopic (exact) mass is 432 g/mol. The van der Waals surface area contributed by atoms with Gasteiger partial charge in [0.2, 0.25) is 5.95 Å². The van der Waals surface area contributed by atoms with Crippen LogP contribution in [0.4, 0.5) is 10.7 Å². The zero-order valence-corrected chi connectivity index (χ0v) is 17.9. The first kappa shape index (κ1) is 19.6. The lowest BCUT2D eigenvalue weighted by Crippen LogP contribution is -2.52. The van der Waals surface area contributed by atoms with Crippen LogP contribution in [-0.2, 0) is 0 Å². The molecule has 1 aromatic carbocycles. The molecule has 158 valence electrons. The largest absolute Gasteiger partial charge is 0.361 e. The lowest BCUT2D eigenvalue weighted by atomic mass is 9.97. The molecule has 2 N–H and O–H groups in total. The van der Waals surface area contributed by atoms with Crippen LogP contribution in [0.2, 0.25) is 0 Å². The molecule has 3 aromatic heterocycles. The zero-order chi connectivity index (χ0) is 21.0. The first-order valence-corrected chi connectivity index (χ1v) is 11.3. The number of urea groups is 1. The molecule has 0 radical (unpaired) electrons. The molecule has 1 unspecified atom stereocenters. The molecule has 0 bridgehead atoms. The summed E-state index contributed by atoms with van der Waals surface area (Å²) in [5, 5.41) is 6.47. The summed E-state index contributed by atoms with van der Waals surface area (Å²) in [4.78, 5) is 30.1. The molecule has 1 aliphatic rings. The van der Waals surface area contributed by atoms with Gasteiger partial charge in [-0.3, -0.25) is 0 Å². The number of hydrogen-bond acceptors (Lipinski definition) is 5. The van der Waals surface area contributed by atoms with Gasteiger partial charge >= 0.3 is 6.03 Å². The van der Waals surface area contributed by atoms with Crippen LogP contribution in [-0.4, -0.2) is 58.6 Å². The maximum Gasteiger partial charge on any atom is 0.317 e. The molecule has 4 aromatic rings. The van der Waals surface area contributed by atoms with Gasteiger partial charge in [0.15, 0.2) is 0 Å². The standard InChI is InChI=1S/C23H24N6OS/c30-23(29-12-10-28(11-13-29)22-24-8-4-9-25-22)27-16-19(21-7-3-14-31-21)18-15-26-20-6-2-1-5-17(18)20/h1-9,14-15,19,26H,10-13,16H2,(H,27,30). The number of aromatic nitrogens is 3. The van der Waals surface area contributed by atoms with Crippen LogP contribution in [0.1, 0.15) is 16.4 Å². The molecule has 2 amide bonds. The van der Waals surface area contributed by atoms with Crippen molar-refractivity contribution in [3.05, 3.63) is 76.9 Å². The van der Waals surface area contributed by atoms with Crippen LogP contribution in [0, 0.1) is 0 Å². The molecule has 4 heterocycles. The fraction of sp³-hybridized carbons (Fsp3) is 0.261. The van der Waals surface area contributed by atoms with E-state index in [0.717, 1.165) is 24.6 Å². The van der Waals surface area contributed by atoms with Crippen molar-refractivity contribution in [3.63, 3.8) is 0 Å². The minimum Gasteiger partial charge on any atom is -0.361 e. The highest BCUT2D eigenvalue weighted by Gasteiger charge is 2.24. The van der Waals surface area contributed by atoms with E-state index in [1.807, 2.05) is 17.0 Å². The normalized spacial score (nSPS) is 15.2. The molecule has 7 nitrogen and oxygen atoms in total. The number of anilines is 1. The van der Waals surface area contributed by atoms with E-state index in [2.05, 4.69) is 67.1 Å². The fourth-order valence-corrected chi connectivity index (χ4v) is 4.95. The minimum absolute atomic E-state index is 0.0185. The molecule has 5 rings (SSSR count). The van der Waals surface area contributed by atoms with Crippen molar-refractivity contribution in [2.24, 2.45) is 0 Å². The Morgan fingerprint density at radius 2 is 1.87 bits per heavy atom. The minimum atomic E-state index is -0.0185. The van der Waals surface area contributed by atoms with Crippen LogP contribution in [0.3, 0.4) is 0 Å². The number of thiophene rings is 1. The lowest BCUT2D eigenvalue weighted by molar-refractivity contribution is 0.194. The average Bonchev–Trinajstić information content (AvgIpc) is 3.51. The molecule has 1 atom stereocenters. The maximum atomic E-state index is 12.9. The van der Waals surface area contributed by atoms with Crippen LogP contribution in [0.25, 0.3) is 10.9 Å². The Morgan fingerprint density at radius 3 is 2.65 bits per heavy atom. The molecule has 31 heavy (non-hydrogen) atoms. The van der Waals surface area contributed by atoms with Gasteiger partial charge in [-0.2, -0.15) is 0 Å². The number of carbonyl (C=O) groups is 1. The summed E-state index contributed by atoms with van der Waals surface area (Å²) in [6.45, 7) is 3.33. The van der Waals surface area contributed by atoms with Gasteiger partial charge in [-0.15, -0.1) is 11.3 Å². The third-order valence-electron chi connectivity index (χ3n) is 5.74. The van der Waals surface area contributed by atoms with Crippen molar-refractivity contribution >= 4 is 34.2 Å². The number of nitrogens with one attached hydrogen (secondary N) is 2. The summed E-state index contributed by atoms with van der Waals surface area (Å²) in [5.41, 5.74) is 2.33.